The van der Waals surface area contributed by atoms with Gasteiger partial charge >= 0.3 is 0 Å². The number of rotatable bonds is 4. The number of nitrogens with one attached hydrogen (secondary N) is 1. The van der Waals surface area contributed by atoms with Crippen molar-refractivity contribution in [2.45, 2.75) is 25.8 Å². The summed E-state index contributed by atoms with van der Waals surface area (Å²) < 4.78 is 13.2. The Labute approximate surface area is 137 Å². The van der Waals surface area contributed by atoms with Crippen LogP contribution >= 0.6 is 36.4 Å². The van der Waals surface area contributed by atoms with Gasteiger partial charge in [-0.05, 0) is 24.1 Å². The van der Waals surface area contributed by atoms with Gasteiger partial charge in [-0.3, -0.25) is 4.90 Å². The third-order valence-corrected chi connectivity index (χ3v) is 3.77. The van der Waals surface area contributed by atoms with Crippen molar-refractivity contribution < 1.29 is 4.39 Å². The fraction of sp³-hybridized carbons (Fsp3) is 0.571. The van der Waals surface area contributed by atoms with Crippen LogP contribution in [0.5, 0.6) is 0 Å². The molecule has 0 spiro atoms. The topological polar surface area (TPSA) is 15.3 Å². The average Bonchev–Trinajstić information content (AvgIpc) is 2.40. The first-order valence-corrected chi connectivity index (χ1v) is 7.00. The molecule has 20 heavy (non-hydrogen) atoms. The van der Waals surface area contributed by atoms with Crippen LogP contribution < -0.4 is 5.32 Å². The monoisotopic (exact) mass is 342 g/mol. The molecule has 0 aliphatic carbocycles. The molecule has 0 amide bonds. The van der Waals surface area contributed by atoms with E-state index in [-0.39, 0.29) is 35.7 Å². The summed E-state index contributed by atoms with van der Waals surface area (Å²) in [5.74, 6) is -0.337. The van der Waals surface area contributed by atoms with Gasteiger partial charge in [-0.1, -0.05) is 31.0 Å². The van der Waals surface area contributed by atoms with Crippen LogP contribution in [0.25, 0.3) is 0 Å². The highest BCUT2D eigenvalue weighted by Gasteiger charge is 2.21. The molecule has 2 nitrogen and oxygen atoms in total. The summed E-state index contributed by atoms with van der Waals surface area (Å²) in [5.41, 5.74) is 1.13. The minimum absolute atomic E-state index is 0. The van der Waals surface area contributed by atoms with Crippen LogP contribution in [0.4, 0.5) is 4.39 Å². The summed E-state index contributed by atoms with van der Waals surface area (Å²) in [6, 6.07) is 5.47. The van der Waals surface area contributed by atoms with Crippen LogP contribution in [0.15, 0.2) is 18.2 Å². The van der Waals surface area contributed by atoms with Crippen molar-refractivity contribution in [2.24, 2.45) is 0 Å². The molecular formula is C14H22Cl3FN2. The maximum Gasteiger partial charge on any atom is 0.141 e. The van der Waals surface area contributed by atoms with Gasteiger partial charge < -0.3 is 5.32 Å². The highest BCUT2D eigenvalue weighted by atomic mass is 35.5. The third kappa shape index (κ3) is 5.05. The lowest BCUT2D eigenvalue weighted by Gasteiger charge is -2.35. The van der Waals surface area contributed by atoms with Gasteiger partial charge in [0.25, 0.3) is 0 Å². The molecule has 1 atom stereocenters. The van der Waals surface area contributed by atoms with Crippen molar-refractivity contribution in [3.8, 4) is 0 Å². The van der Waals surface area contributed by atoms with E-state index in [0.717, 1.165) is 44.6 Å². The molecule has 0 aromatic heterocycles. The predicted molar refractivity (Wildman–Crippen MR) is 88.0 cm³/mol. The molecule has 2 rings (SSSR count). The standard InChI is InChI=1S/C14H20ClFN2.2ClH/c1-2-3-14(18-8-6-17-7-9-18)11-4-5-13(16)12(15)10-11;;/h4-5,10,14,17H,2-3,6-9H2,1H3;2*1H/t14-;;/m0../s1. The quantitative estimate of drug-likeness (QED) is 0.886. The first-order valence-electron chi connectivity index (χ1n) is 6.62. The first kappa shape index (κ1) is 19.9. The molecule has 1 fully saturated rings. The molecule has 1 aliphatic heterocycles. The summed E-state index contributed by atoms with van der Waals surface area (Å²) in [6.07, 6.45) is 2.20. The normalized spacial score (nSPS) is 16.9. The van der Waals surface area contributed by atoms with Crippen molar-refractivity contribution in [1.29, 1.82) is 0 Å². The second kappa shape index (κ2) is 9.80. The molecular weight excluding hydrogens is 322 g/mol. The smallest absolute Gasteiger partial charge is 0.141 e. The van der Waals surface area contributed by atoms with Crippen molar-refractivity contribution in [2.75, 3.05) is 26.2 Å². The van der Waals surface area contributed by atoms with E-state index in [2.05, 4.69) is 17.1 Å². The summed E-state index contributed by atoms with van der Waals surface area (Å²) in [4.78, 5) is 2.46. The molecule has 1 aromatic carbocycles. The molecule has 1 aromatic rings. The van der Waals surface area contributed by atoms with Gasteiger partial charge in [-0.15, -0.1) is 24.8 Å². The zero-order valence-corrected chi connectivity index (χ0v) is 14.0. The van der Waals surface area contributed by atoms with E-state index in [1.165, 1.54) is 6.07 Å². The molecule has 1 N–H and O–H groups in total. The van der Waals surface area contributed by atoms with Crippen LogP contribution in [0.3, 0.4) is 0 Å². The van der Waals surface area contributed by atoms with Gasteiger partial charge in [-0.25, -0.2) is 4.39 Å². The molecule has 0 radical (unpaired) electrons. The largest absolute Gasteiger partial charge is 0.314 e. The zero-order valence-electron chi connectivity index (χ0n) is 11.6. The molecule has 1 heterocycles. The van der Waals surface area contributed by atoms with Gasteiger partial charge in [0.1, 0.15) is 5.82 Å². The van der Waals surface area contributed by atoms with E-state index in [9.17, 15) is 4.39 Å². The van der Waals surface area contributed by atoms with Gasteiger partial charge in [0.15, 0.2) is 0 Å². The SMILES string of the molecule is CCC[C@@H](c1ccc(F)c(Cl)c1)N1CCNCC1.Cl.Cl. The maximum atomic E-state index is 13.2. The molecule has 1 saturated heterocycles. The molecule has 6 heteroatoms. The number of piperazine rings is 1. The lowest BCUT2D eigenvalue weighted by molar-refractivity contribution is 0.164. The van der Waals surface area contributed by atoms with Gasteiger partial charge in [0.2, 0.25) is 0 Å². The Hall–Kier alpha value is -0.0600. The van der Waals surface area contributed by atoms with Gasteiger partial charge in [0, 0.05) is 32.2 Å². The fourth-order valence-corrected chi connectivity index (χ4v) is 2.74. The Kier molecular flexibility index (Phi) is 9.77. The molecule has 0 saturated carbocycles. The van der Waals surface area contributed by atoms with Crippen LogP contribution in [0.2, 0.25) is 5.02 Å². The lowest BCUT2D eigenvalue weighted by atomic mass is 10.00. The summed E-state index contributed by atoms with van der Waals surface area (Å²) >= 11 is 5.89. The third-order valence-electron chi connectivity index (χ3n) is 3.48. The Morgan fingerprint density at radius 3 is 2.50 bits per heavy atom. The number of halogens is 4. The highest BCUT2D eigenvalue weighted by molar-refractivity contribution is 6.30. The Morgan fingerprint density at radius 1 is 1.30 bits per heavy atom. The van der Waals surface area contributed by atoms with Crippen LogP contribution in [-0.2, 0) is 0 Å². The Morgan fingerprint density at radius 2 is 1.95 bits per heavy atom. The first-order chi connectivity index (χ1) is 8.72. The predicted octanol–water partition coefficient (Wildman–Crippen LogP) is 4.07. The van der Waals surface area contributed by atoms with E-state index in [4.69, 9.17) is 11.6 Å². The van der Waals surface area contributed by atoms with E-state index in [0.29, 0.717) is 6.04 Å². The van der Waals surface area contributed by atoms with E-state index < -0.39 is 0 Å². The highest BCUT2D eigenvalue weighted by Crippen LogP contribution is 2.28. The Balaban J connectivity index is 0.00000180. The van der Waals surface area contributed by atoms with E-state index in [1.807, 2.05) is 6.07 Å². The summed E-state index contributed by atoms with van der Waals surface area (Å²) in [6.45, 7) is 6.31. The molecule has 0 bridgehead atoms. The number of hydrogen-bond acceptors (Lipinski definition) is 2. The number of benzene rings is 1. The van der Waals surface area contributed by atoms with Gasteiger partial charge in [-0.2, -0.15) is 0 Å². The fourth-order valence-electron chi connectivity index (χ4n) is 2.55. The van der Waals surface area contributed by atoms with Crippen LogP contribution in [0, 0.1) is 5.82 Å². The molecule has 116 valence electrons. The van der Waals surface area contributed by atoms with E-state index >= 15 is 0 Å². The molecule has 1 aliphatic rings. The second-order valence-corrected chi connectivity index (χ2v) is 5.17. The maximum absolute atomic E-state index is 13.2. The number of nitrogens with zero attached hydrogens (tertiary/aromatic N) is 1. The van der Waals surface area contributed by atoms with Gasteiger partial charge in [0.05, 0.1) is 5.02 Å². The van der Waals surface area contributed by atoms with Crippen molar-refractivity contribution in [3.05, 3.63) is 34.6 Å². The minimum atomic E-state index is -0.337. The average molecular weight is 344 g/mol. The van der Waals surface area contributed by atoms with Crippen LogP contribution in [-0.4, -0.2) is 31.1 Å². The number of hydrogen-bond donors (Lipinski definition) is 1. The van der Waals surface area contributed by atoms with E-state index in [1.54, 1.807) is 6.07 Å². The lowest BCUT2D eigenvalue weighted by Crippen LogP contribution is -2.45. The molecule has 0 unspecified atom stereocenters. The minimum Gasteiger partial charge on any atom is -0.314 e. The second-order valence-electron chi connectivity index (χ2n) is 4.76. The van der Waals surface area contributed by atoms with Crippen molar-refractivity contribution in [3.63, 3.8) is 0 Å². The zero-order chi connectivity index (χ0) is 13.0. The van der Waals surface area contributed by atoms with Crippen LogP contribution in [0.1, 0.15) is 31.4 Å². The summed E-state index contributed by atoms with van der Waals surface area (Å²) in [5, 5.41) is 3.58. The summed E-state index contributed by atoms with van der Waals surface area (Å²) in [7, 11) is 0. The Bertz CT molecular complexity index is 398. The van der Waals surface area contributed by atoms with Crippen molar-refractivity contribution >= 4 is 36.4 Å². The van der Waals surface area contributed by atoms with Crippen molar-refractivity contribution in [1.82, 2.24) is 10.2 Å².